The van der Waals surface area contributed by atoms with E-state index in [0.717, 1.165) is 12.0 Å². The quantitative estimate of drug-likeness (QED) is 0.776. The topological polar surface area (TPSA) is 12.0 Å². The molecular weight excluding hydrogens is 182 g/mol. The maximum Gasteiger partial charge on any atom is 0.00954 e. The fourth-order valence-corrected chi connectivity index (χ4v) is 2.19. The van der Waals surface area contributed by atoms with Gasteiger partial charge in [0.1, 0.15) is 0 Å². The van der Waals surface area contributed by atoms with E-state index in [1.165, 1.54) is 36.8 Å². The zero-order chi connectivity index (χ0) is 10.7. The Kier molecular flexibility index (Phi) is 3.42. The maximum atomic E-state index is 3.45. The van der Waals surface area contributed by atoms with Crippen molar-refractivity contribution in [2.24, 2.45) is 5.92 Å². The summed E-state index contributed by atoms with van der Waals surface area (Å²) in [5.74, 6) is 0.959. The van der Waals surface area contributed by atoms with Crippen LogP contribution in [-0.4, -0.2) is 13.1 Å². The van der Waals surface area contributed by atoms with Gasteiger partial charge in [0.05, 0.1) is 0 Å². The fourth-order valence-electron chi connectivity index (χ4n) is 2.19. The van der Waals surface area contributed by atoms with Crippen LogP contribution < -0.4 is 5.32 Å². The van der Waals surface area contributed by atoms with E-state index in [9.17, 15) is 0 Å². The van der Waals surface area contributed by atoms with Crippen molar-refractivity contribution in [1.82, 2.24) is 5.32 Å². The SMILES string of the molecule is CNC(CCc1ccc(C)cc1)C1CC1. The molecule has 0 heterocycles. The van der Waals surface area contributed by atoms with Crippen molar-refractivity contribution in [3.8, 4) is 0 Å². The van der Waals surface area contributed by atoms with E-state index in [-0.39, 0.29) is 0 Å². The molecule has 1 aliphatic rings. The van der Waals surface area contributed by atoms with Crippen LogP contribution in [0.1, 0.15) is 30.4 Å². The molecule has 82 valence electrons. The lowest BCUT2D eigenvalue weighted by molar-refractivity contribution is 0.470. The van der Waals surface area contributed by atoms with Gasteiger partial charge in [-0.05, 0) is 51.1 Å². The van der Waals surface area contributed by atoms with Crippen molar-refractivity contribution < 1.29 is 0 Å². The summed E-state index contributed by atoms with van der Waals surface area (Å²) >= 11 is 0. The van der Waals surface area contributed by atoms with E-state index in [2.05, 4.69) is 43.6 Å². The Bertz CT molecular complexity index is 298. The first-order valence-electron chi connectivity index (χ1n) is 6.02. The summed E-state index contributed by atoms with van der Waals surface area (Å²) in [6.07, 6.45) is 5.35. The lowest BCUT2D eigenvalue weighted by atomic mass is 10.0. The van der Waals surface area contributed by atoms with Crippen molar-refractivity contribution in [2.75, 3.05) is 7.05 Å². The van der Waals surface area contributed by atoms with Gasteiger partial charge in [-0.3, -0.25) is 0 Å². The second-order valence-electron chi connectivity index (χ2n) is 4.76. The summed E-state index contributed by atoms with van der Waals surface area (Å²) < 4.78 is 0. The van der Waals surface area contributed by atoms with Crippen LogP contribution in [0.2, 0.25) is 0 Å². The lowest BCUT2D eigenvalue weighted by Gasteiger charge is -2.14. The van der Waals surface area contributed by atoms with Gasteiger partial charge in [-0.1, -0.05) is 29.8 Å². The van der Waals surface area contributed by atoms with Crippen molar-refractivity contribution in [1.29, 1.82) is 0 Å². The zero-order valence-corrected chi connectivity index (χ0v) is 9.79. The molecule has 1 nitrogen and oxygen atoms in total. The van der Waals surface area contributed by atoms with Gasteiger partial charge < -0.3 is 5.32 Å². The highest BCUT2D eigenvalue weighted by atomic mass is 14.9. The van der Waals surface area contributed by atoms with Gasteiger partial charge in [-0.2, -0.15) is 0 Å². The van der Waals surface area contributed by atoms with E-state index in [1.54, 1.807) is 0 Å². The van der Waals surface area contributed by atoms with Gasteiger partial charge in [0, 0.05) is 6.04 Å². The molecule has 0 aliphatic heterocycles. The predicted octanol–water partition coefficient (Wildman–Crippen LogP) is 2.93. The standard InChI is InChI=1S/C14H21N/c1-11-3-5-12(6-4-11)7-10-14(15-2)13-8-9-13/h3-6,13-15H,7-10H2,1-2H3. The molecule has 1 fully saturated rings. The molecule has 1 aromatic rings. The summed E-state index contributed by atoms with van der Waals surface area (Å²) in [6, 6.07) is 9.68. The fraction of sp³-hybridized carbons (Fsp3) is 0.571. The maximum absolute atomic E-state index is 3.45. The number of benzene rings is 1. The zero-order valence-electron chi connectivity index (χ0n) is 9.79. The molecule has 1 heteroatoms. The predicted molar refractivity (Wildman–Crippen MR) is 65.1 cm³/mol. The number of rotatable bonds is 5. The molecule has 1 atom stereocenters. The molecule has 0 spiro atoms. The second-order valence-corrected chi connectivity index (χ2v) is 4.76. The number of nitrogens with one attached hydrogen (secondary N) is 1. The smallest absolute Gasteiger partial charge is 0.00954 e. The first-order valence-corrected chi connectivity index (χ1v) is 6.02. The molecule has 1 N–H and O–H groups in total. The lowest BCUT2D eigenvalue weighted by Crippen LogP contribution is -2.27. The van der Waals surface area contributed by atoms with E-state index >= 15 is 0 Å². The molecule has 1 saturated carbocycles. The molecule has 2 rings (SSSR count). The van der Waals surface area contributed by atoms with Gasteiger partial charge in [0.2, 0.25) is 0 Å². The third-order valence-electron chi connectivity index (χ3n) is 3.43. The molecule has 0 saturated heterocycles. The van der Waals surface area contributed by atoms with Crippen molar-refractivity contribution in [3.63, 3.8) is 0 Å². The molecule has 1 aromatic carbocycles. The molecule has 15 heavy (non-hydrogen) atoms. The highest BCUT2D eigenvalue weighted by Crippen LogP contribution is 2.34. The van der Waals surface area contributed by atoms with Gasteiger partial charge in [0.15, 0.2) is 0 Å². The van der Waals surface area contributed by atoms with E-state index < -0.39 is 0 Å². The Labute approximate surface area is 92.9 Å². The molecule has 0 amide bonds. The van der Waals surface area contributed by atoms with Crippen LogP contribution >= 0.6 is 0 Å². The van der Waals surface area contributed by atoms with Gasteiger partial charge in [-0.25, -0.2) is 0 Å². The van der Waals surface area contributed by atoms with E-state index in [1.807, 2.05) is 0 Å². The monoisotopic (exact) mass is 203 g/mol. The van der Waals surface area contributed by atoms with Crippen molar-refractivity contribution in [3.05, 3.63) is 35.4 Å². The third kappa shape index (κ3) is 3.07. The van der Waals surface area contributed by atoms with E-state index in [0.29, 0.717) is 0 Å². The number of hydrogen-bond donors (Lipinski definition) is 1. The normalized spacial score (nSPS) is 17.7. The molecule has 0 aromatic heterocycles. The number of hydrogen-bond acceptors (Lipinski definition) is 1. The van der Waals surface area contributed by atoms with E-state index in [4.69, 9.17) is 0 Å². The van der Waals surface area contributed by atoms with Crippen LogP contribution in [0.5, 0.6) is 0 Å². The van der Waals surface area contributed by atoms with Gasteiger partial charge >= 0.3 is 0 Å². The first kappa shape index (κ1) is 10.7. The minimum absolute atomic E-state index is 0.742. The Morgan fingerprint density at radius 2 is 1.93 bits per heavy atom. The molecule has 0 bridgehead atoms. The van der Waals surface area contributed by atoms with Crippen LogP contribution in [-0.2, 0) is 6.42 Å². The van der Waals surface area contributed by atoms with Crippen LogP contribution in [0.4, 0.5) is 0 Å². The summed E-state index contributed by atoms with van der Waals surface area (Å²) in [7, 11) is 2.10. The minimum atomic E-state index is 0.742. The average molecular weight is 203 g/mol. The minimum Gasteiger partial charge on any atom is -0.317 e. The summed E-state index contributed by atoms with van der Waals surface area (Å²) in [5.41, 5.74) is 2.83. The first-order chi connectivity index (χ1) is 7.29. The van der Waals surface area contributed by atoms with Crippen LogP contribution in [0, 0.1) is 12.8 Å². The Balaban J connectivity index is 1.83. The Hall–Kier alpha value is -0.820. The summed E-state index contributed by atoms with van der Waals surface area (Å²) in [4.78, 5) is 0. The molecule has 1 aliphatic carbocycles. The van der Waals surface area contributed by atoms with Crippen LogP contribution in [0.3, 0.4) is 0 Å². The molecular formula is C14H21N. The Morgan fingerprint density at radius 1 is 1.27 bits per heavy atom. The second kappa shape index (κ2) is 4.80. The highest BCUT2D eigenvalue weighted by Gasteiger charge is 2.29. The van der Waals surface area contributed by atoms with Crippen molar-refractivity contribution >= 4 is 0 Å². The highest BCUT2D eigenvalue weighted by molar-refractivity contribution is 5.21. The number of aryl methyl sites for hydroxylation is 2. The summed E-state index contributed by atoms with van der Waals surface area (Å²) in [6.45, 7) is 2.14. The third-order valence-corrected chi connectivity index (χ3v) is 3.43. The Morgan fingerprint density at radius 3 is 2.47 bits per heavy atom. The van der Waals surface area contributed by atoms with Crippen LogP contribution in [0.25, 0.3) is 0 Å². The largest absolute Gasteiger partial charge is 0.317 e. The van der Waals surface area contributed by atoms with Crippen LogP contribution in [0.15, 0.2) is 24.3 Å². The molecule has 0 radical (unpaired) electrons. The average Bonchev–Trinajstić information content (AvgIpc) is 3.06. The van der Waals surface area contributed by atoms with Crippen molar-refractivity contribution in [2.45, 2.75) is 38.6 Å². The molecule has 1 unspecified atom stereocenters. The van der Waals surface area contributed by atoms with Gasteiger partial charge in [0.25, 0.3) is 0 Å². The summed E-state index contributed by atoms with van der Waals surface area (Å²) in [5, 5.41) is 3.45. The van der Waals surface area contributed by atoms with Gasteiger partial charge in [-0.15, -0.1) is 0 Å².